The molecule has 38 heavy (non-hydrogen) atoms. The number of nitrogens with zero attached hydrogens (tertiary/aromatic N) is 3. The number of likely N-dealkylation sites (tertiary alicyclic amines) is 1. The number of anilines is 1. The van der Waals surface area contributed by atoms with Crippen LogP contribution < -0.4 is 9.62 Å². The Balaban J connectivity index is 1.47. The Morgan fingerprint density at radius 3 is 2.42 bits per heavy atom. The first-order chi connectivity index (χ1) is 18.1. The van der Waals surface area contributed by atoms with Gasteiger partial charge in [-0.05, 0) is 50.8 Å². The molecule has 1 aromatic heterocycles. The molecular weight excluding hydrogens is 528 g/mol. The van der Waals surface area contributed by atoms with Crippen LogP contribution in [0.3, 0.4) is 0 Å². The van der Waals surface area contributed by atoms with E-state index in [2.05, 4.69) is 4.72 Å². The molecule has 2 amide bonds. The maximum atomic E-state index is 12.8. The van der Waals surface area contributed by atoms with E-state index in [1.165, 1.54) is 12.1 Å². The van der Waals surface area contributed by atoms with Crippen molar-refractivity contribution >= 4 is 45.0 Å². The molecule has 3 heterocycles. The van der Waals surface area contributed by atoms with Gasteiger partial charge in [0, 0.05) is 44.0 Å². The predicted octanol–water partition coefficient (Wildman–Crippen LogP) is 3.87. The normalized spacial score (nSPS) is 16.7. The Bertz CT molecular complexity index is 1320. The van der Waals surface area contributed by atoms with Gasteiger partial charge < -0.3 is 9.80 Å². The van der Waals surface area contributed by atoms with Crippen molar-refractivity contribution in [3.63, 3.8) is 0 Å². The van der Waals surface area contributed by atoms with Crippen LogP contribution in [0.25, 0.3) is 0 Å². The van der Waals surface area contributed by atoms with Crippen molar-refractivity contribution < 1.29 is 22.8 Å². The minimum absolute atomic E-state index is 0.0459. The topological polar surface area (TPSA) is 117 Å². The number of carbonyl (C=O) groups excluding carboxylic acids is 3. The third-order valence-corrected chi connectivity index (χ3v) is 8.70. The van der Waals surface area contributed by atoms with Gasteiger partial charge in [0.25, 0.3) is 10.0 Å². The molecule has 2 aliphatic rings. The summed E-state index contributed by atoms with van der Waals surface area (Å²) in [6, 6.07) is 7.96. The van der Waals surface area contributed by atoms with Crippen LogP contribution in [0.5, 0.6) is 0 Å². The molecule has 0 saturated carbocycles. The van der Waals surface area contributed by atoms with E-state index in [-0.39, 0.29) is 23.1 Å². The third-order valence-electron chi connectivity index (χ3n) is 7.06. The minimum Gasteiger partial charge on any atom is -0.355 e. The number of benzene rings is 1. The van der Waals surface area contributed by atoms with Crippen LogP contribution in [-0.4, -0.2) is 55.5 Å². The number of rotatable bonds is 9. The maximum Gasteiger partial charge on any atom is 0.264 e. The molecule has 2 saturated heterocycles. The molecule has 9 nitrogen and oxygen atoms in total. The van der Waals surface area contributed by atoms with E-state index in [1.807, 2.05) is 18.7 Å². The molecular formula is C27H33ClN4O5S. The average molecular weight is 561 g/mol. The van der Waals surface area contributed by atoms with Crippen LogP contribution in [0.2, 0.25) is 5.02 Å². The minimum atomic E-state index is -3.95. The van der Waals surface area contributed by atoms with Gasteiger partial charge >= 0.3 is 0 Å². The molecule has 0 atom stereocenters. The Morgan fingerprint density at radius 2 is 1.82 bits per heavy atom. The highest BCUT2D eigenvalue weighted by molar-refractivity contribution is 7.90. The Hall–Kier alpha value is -2.98. The van der Waals surface area contributed by atoms with Crippen LogP contribution >= 0.6 is 11.6 Å². The van der Waals surface area contributed by atoms with Gasteiger partial charge in [0.1, 0.15) is 5.82 Å². The lowest BCUT2D eigenvalue weighted by atomic mass is 9.96. The van der Waals surface area contributed by atoms with Gasteiger partial charge in [-0.25, -0.2) is 18.1 Å². The van der Waals surface area contributed by atoms with Crippen molar-refractivity contribution in [3.8, 4) is 0 Å². The number of hydrogen-bond acceptors (Lipinski definition) is 7. The summed E-state index contributed by atoms with van der Waals surface area (Å²) < 4.78 is 27.5. The summed E-state index contributed by atoms with van der Waals surface area (Å²) in [6.07, 6.45) is 3.17. The second kappa shape index (κ2) is 11.8. The Labute approximate surface area is 228 Å². The molecule has 2 aromatic rings. The first-order valence-corrected chi connectivity index (χ1v) is 14.8. The number of halogens is 1. The van der Waals surface area contributed by atoms with Gasteiger partial charge in [0.2, 0.25) is 11.8 Å². The van der Waals surface area contributed by atoms with Gasteiger partial charge in [-0.2, -0.15) is 0 Å². The molecule has 2 aliphatic heterocycles. The highest BCUT2D eigenvalue weighted by atomic mass is 35.5. The van der Waals surface area contributed by atoms with Crippen LogP contribution in [0.1, 0.15) is 67.1 Å². The number of ketones is 1. The number of aromatic nitrogens is 1. The second-order valence-corrected chi connectivity index (χ2v) is 12.0. The summed E-state index contributed by atoms with van der Waals surface area (Å²) in [6.45, 7) is 5.56. The number of amides is 2. The summed E-state index contributed by atoms with van der Waals surface area (Å²) >= 11 is 6.59. The fourth-order valence-corrected chi connectivity index (χ4v) is 6.17. The van der Waals surface area contributed by atoms with Gasteiger partial charge in [-0.3, -0.25) is 14.4 Å². The monoisotopic (exact) mass is 560 g/mol. The summed E-state index contributed by atoms with van der Waals surface area (Å²) in [5, 5.41) is 0.339. The maximum absolute atomic E-state index is 12.8. The number of piperidine rings is 1. The fourth-order valence-electron chi connectivity index (χ4n) is 4.86. The average Bonchev–Trinajstić information content (AvgIpc) is 3.29. The number of sulfonamides is 1. The highest BCUT2D eigenvalue weighted by Crippen LogP contribution is 2.32. The van der Waals surface area contributed by atoms with Crippen LogP contribution in [-0.2, 0) is 26.2 Å². The molecule has 0 bridgehead atoms. The van der Waals surface area contributed by atoms with E-state index in [0.717, 1.165) is 12.0 Å². The number of Topliss-reactive ketones (excluding diaryl/α,β-unsaturated/α-hetero) is 1. The van der Waals surface area contributed by atoms with Crippen LogP contribution in [0.15, 0.2) is 35.2 Å². The molecule has 0 aliphatic carbocycles. The summed E-state index contributed by atoms with van der Waals surface area (Å²) in [5.41, 5.74) is 1.89. The van der Waals surface area contributed by atoms with Crippen molar-refractivity contribution in [2.75, 3.05) is 24.5 Å². The lowest BCUT2D eigenvalue weighted by Gasteiger charge is -2.33. The van der Waals surface area contributed by atoms with Gasteiger partial charge in [0.15, 0.2) is 5.78 Å². The molecule has 11 heteroatoms. The molecule has 204 valence electrons. The first kappa shape index (κ1) is 28.0. The van der Waals surface area contributed by atoms with Crippen molar-refractivity contribution in [1.82, 2.24) is 14.6 Å². The lowest BCUT2D eigenvalue weighted by Crippen LogP contribution is -2.42. The SMILES string of the molecule is CCCC(=O)c1cc(Cl)c(N2CCC(C(=O)NS(=O)(=O)c3ccc(C)cc3)CC2)nc1CN1CCCC1=O. The predicted molar refractivity (Wildman–Crippen MR) is 145 cm³/mol. The quantitative estimate of drug-likeness (QED) is 0.463. The van der Waals surface area contributed by atoms with Gasteiger partial charge in [0.05, 0.1) is 22.2 Å². The van der Waals surface area contributed by atoms with E-state index in [0.29, 0.717) is 73.8 Å². The van der Waals surface area contributed by atoms with Gasteiger partial charge in [-0.1, -0.05) is 36.2 Å². The van der Waals surface area contributed by atoms with Crippen molar-refractivity contribution in [3.05, 3.63) is 52.2 Å². The van der Waals surface area contributed by atoms with E-state index >= 15 is 0 Å². The van der Waals surface area contributed by atoms with Crippen molar-refractivity contribution in [2.24, 2.45) is 5.92 Å². The molecule has 1 N–H and O–H groups in total. The zero-order chi connectivity index (χ0) is 27.4. The van der Waals surface area contributed by atoms with Gasteiger partial charge in [-0.15, -0.1) is 0 Å². The number of aryl methyl sites for hydroxylation is 1. The zero-order valence-corrected chi connectivity index (χ0v) is 23.3. The fraction of sp³-hybridized carbons (Fsp3) is 0.481. The highest BCUT2D eigenvalue weighted by Gasteiger charge is 2.31. The summed E-state index contributed by atoms with van der Waals surface area (Å²) in [5.74, 6) is -0.507. The molecule has 2 fully saturated rings. The van der Waals surface area contributed by atoms with E-state index in [4.69, 9.17) is 16.6 Å². The number of carbonyl (C=O) groups is 3. The van der Waals surface area contributed by atoms with Crippen LogP contribution in [0, 0.1) is 12.8 Å². The molecule has 0 radical (unpaired) electrons. The molecule has 4 rings (SSSR count). The molecule has 0 unspecified atom stereocenters. The van der Waals surface area contributed by atoms with E-state index in [9.17, 15) is 22.8 Å². The zero-order valence-electron chi connectivity index (χ0n) is 21.7. The Morgan fingerprint density at radius 1 is 1.13 bits per heavy atom. The molecule has 0 spiro atoms. The van der Waals surface area contributed by atoms with Crippen LogP contribution in [0.4, 0.5) is 5.82 Å². The van der Waals surface area contributed by atoms with Crippen molar-refractivity contribution in [2.45, 2.75) is 63.8 Å². The van der Waals surface area contributed by atoms with E-state index in [1.54, 1.807) is 23.1 Å². The largest absolute Gasteiger partial charge is 0.355 e. The molecule has 1 aromatic carbocycles. The summed E-state index contributed by atoms with van der Waals surface area (Å²) in [4.78, 5) is 46.3. The smallest absolute Gasteiger partial charge is 0.264 e. The number of hydrogen-bond donors (Lipinski definition) is 1. The standard InChI is InChI=1S/C27H33ClN4O5S/c1-3-5-24(33)21-16-22(28)26(29-23(21)17-32-13-4-6-25(32)34)31-14-11-19(12-15-31)27(35)30-38(36,37)20-9-7-18(2)8-10-20/h7-10,16,19H,3-6,11-15,17H2,1-2H3,(H,30,35). The first-order valence-electron chi connectivity index (χ1n) is 13.0. The number of nitrogens with one attached hydrogen (secondary N) is 1. The second-order valence-electron chi connectivity index (χ2n) is 9.92. The Kier molecular flexibility index (Phi) is 8.72. The number of pyridine rings is 1. The summed E-state index contributed by atoms with van der Waals surface area (Å²) in [7, 11) is -3.95. The van der Waals surface area contributed by atoms with E-state index < -0.39 is 21.8 Å². The van der Waals surface area contributed by atoms with Crippen molar-refractivity contribution in [1.29, 1.82) is 0 Å². The lowest BCUT2D eigenvalue weighted by molar-refractivity contribution is -0.128. The third kappa shape index (κ3) is 6.35.